The van der Waals surface area contributed by atoms with Crippen molar-refractivity contribution in [1.29, 1.82) is 0 Å². The molecule has 0 spiro atoms. The molecule has 1 saturated heterocycles. The Labute approximate surface area is 177 Å². The lowest BCUT2D eigenvalue weighted by atomic mass is 9.95. The minimum Gasteiger partial charge on any atom is -0.507 e. The van der Waals surface area contributed by atoms with Crippen molar-refractivity contribution in [2.75, 3.05) is 4.90 Å². The molecule has 31 heavy (non-hydrogen) atoms. The number of aromatic hydroxyl groups is 1. The van der Waals surface area contributed by atoms with Crippen LogP contribution in [0.2, 0.25) is 0 Å². The van der Waals surface area contributed by atoms with Crippen molar-refractivity contribution in [2.24, 2.45) is 0 Å². The van der Waals surface area contributed by atoms with E-state index in [4.69, 9.17) is 0 Å². The monoisotopic (exact) mass is 418 g/mol. The first-order valence-electron chi connectivity index (χ1n) is 9.56. The first-order chi connectivity index (χ1) is 14.8. The summed E-state index contributed by atoms with van der Waals surface area (Å²) in [6.45, 7) is 3.33. The normalized spacial score (nSPS) is 17.9. The number of carbonyl (C=O) groups is 2. The van der Waals surface area contributed by atoms with Crippen molar-refractivity contribution in [3.05, 3.63) is 94.6 Å². The predicted octanol–water partition coefficient (Wildman–Crippen LogP) is 4.17. The molecule has 156 valence electrons. The fraction of sp³-hybridized carbons (Fsp3) is 0.125. The maximum Gasteiger partial charge on any atom is 0.300 e. The van der Waals surface area contributed by atoms with Crippen LogP contribution in [0.25, 0.3) is 5.76 Å². The first kappa shape index (κ1) is 20.3. The summed E-state index contributed by atoms with van der Waals surface area (Å²) in [5, 5.41) is 21.5. The van der Waals surface area contributed by atoms with E-state index in [0.29, 0.717) is 5.56 Å². The SMILES string of the molecule is Cc1ccc(O)c(N2C(=O)C(=O)/C(=C(\O)c3ccc(F)c(C)c3)C2c2ccncc2)c1. The zero-order valence-electron chi connectivity index (χ0n) is 16.8. The molecule has 1 atom stereocenters. The molecule has 1 aliphatic rings. The quantitative estimate of drug-likeness (QED) is 0.379. The summed E-state index contributed by atoms with van der Waals surface area (Å²) in [6, 6.07) is 10.9. The average molecular weight is 418 g/mol. The second-order valence-corrected chi connectivity index (χ2v) is 7.41. The van der Waals surface area contributed by atoms with Crippen LogP contribution < -0.4 is 4.90 Å². The molecule has 1 aliphatic heterocycles. The molecule has 1 aromatic heterocycles. The maximum absolute atomic E-state index is 13.7. The number of aliphatic hydroxyl groups excluding tert-OH is 1. The Morgan fingerprint density at radius 1 is 1.03 bits per heavy atom. The van der Waals surface area contributed by atoms with Gasteiger partial charge in [0, 0.05) is 18.0 Å². The van der Waals surface area contributed by atoms with Crippen molar-refractivity contribution in [3.63, 3.8) is 0 Å². The van der Waals surface area contributed by atoms with E-state index in [-0.39, 0.29) is 28.1 Å². The summed E-state index contributed by atoms with van der Waals surface area (Å²) in [5.41, 5.74) is 1.80. The molecule has 0 bridgehead atoms. The molecular formula is C24H19FN2O4. The molecule has 0 saturated carbocycles. The van der Waals surface area contributed by atoms with Crippen LogP contribution in [0.4, 0.5) is 10.1 Å². The Bertz CT molecular complexity index is 1240. The largest absolute Gasteiger partial charge is 0.507 e. The third-order valence-corrected chi connectivity index (χ3v) is 5.29. The fourth-order valence-electron chi connectivity index (χ4n) is 3.72. The van der Waals surface area contributed by atoms with E-state index >= 15 is 0 Å². The zero-order chi connectivity index (χ0) is 22.3. The summed E-state index contributed by atoms with van der Waals surface area (Å²) in [7, 11) is 0. The van der Waals surface area contributed by atoms with Gasteiger partial charge in [-0.1, -0.05) is 6.07 Å². The Kier molecular flexibility index (Phi) is 5.02. The molecule has 2 heterocycles. The van der Waals surface area contributed by atoms with E-state index < -0.39 is 29.3 Å². The molecular weight excluding hydrogens is 399 g/mol. The predicted molar refractivity (Wildman–Crippen MR) is 113 cm³/mol. The molecule has 3 aromatic rings. The summed E-state index contributed by atoms with van der Waals surface area (Å²) < 4.78 is 13.7. The van der Waals surface area contributed by atoms with Gasteiger partial charge in [-0.15, -0.1) is 0 Å². The van der Waals surface area contributed by atoms with Crippen molar-refractivity contribution < 1.29 is 24.2 Å². The van der Waals surface area contributed by atoms with Crippen LogP contribution in [-0.2, 0) is 9.59 Å². The second-order valence-electron chi connectivity index (χ2n) is 7.41. The number of phenolic OH excluding ortho intramolecular Hbond substituents is 1. The molecule has 2 aromatic carbocycles. The topological polar surface area (TPSA) is 90.7 Å². The highest BCUT2D eigenvalue weighted by Gasteiger charge is 2.47. The van der Waals surface area contributed by atoms with Gasteiger partial charge in [-0.2, -0.15) is 0 Å². The van der Waals surface area contributed by atoms with Crippen molar-refractivity contribution in [3.8, 4) is 5.75 Å². The third-order valence-electron chi connectivity index (χ3n) is 5.29. The molecule has 0 aliphatic carbocycles. The number of aromatic nitrogens is 1. The highest BCUT2D eigenvalue weighted by atomic mass is 19.1. The van der Waals surface area contributed by atoms with Gasteiger partial charge in [0.2, 0.25) is 0 Å². The molecule has 2 N–H and O–H groups in total. The maximum atomic E-state index is 13.7. The Morgan fingerprint density at radius 3 is 2.42 bits per heavy atom. The number of aryl methyl sites for hydroxylation is 2. The van der Waals surface area contributed by atoms with Crippen LogP contribution in [0, 0.1) is 19.7 Å². The molecule has 6 nitrogen and oxygen atoms in total. The number of rotatable bonds is 3. The highest BCUT2D eigenvalue weighted by molar-refractivity contribution is 6.51. The van der Waals surface area contributed by atoms with Crippen molar-refractivity contribution in [1.82, 2.24) is 4.98 Å². The van der Waals surface area contributed by atoms with Crippen LogP contribution in [0.15, 0.2) is 66.5 Å². The van der Waals surface area contributed by atoms with E-state index in [1.54, 1.807) is 31.2 Å². The van der Waals surface area contributed by atoms with Gasteiger partial charge in [0.05, 0.1) is 17.3 Å². The Hall–Kier alpha value is -4.00. The number of amides is 1. The van der Waals surface area contributed by atoms with E-state index in [2.05, 4.69) is 4.98 Å². The Balaban J connectivity index is 1.98. The number of anilines is 1. The number of aliphatic hydroxyl groups is 1. The van der Waals surface area contributed by atoms with Gasteiger partial charge in [0.25, 0.3) is 11.7 Å². The number of phenols is 1. The fourth-order valence-corrected chi connectivity index (χ4v) is 3.72. The molecule has 0 radical (unpaired) electrons. The van der Waals surface area contributed by atoms with Gasteiger partial charge in [0.15, 0.2) is 0 Å². The van der Waals surface area contributed by atoms with Gasteiger partial charge < -0.3 is 10.2 Å². The molecule has 7 heteroatoms. The number of Topliss-reactive ketones (excluding diaryl/α,β-unsaturated/α-hetero) is 1. The molecule has 4 rings (SSSR count). The second kappa shape index (κ2) is 7.68. The molecule has 1 fully saturated rings. The number of halogens is 1. The number of pyridine rings is 1. The minimum absolute atomic E-state index is 0.150. The molecule has 1 unspecified atom stereocenters. The van der Waals surface area contributed by atoms with Crippen LogP contribution in [-0.4, -0.2) is 26.9 Å². The first-order valence-corrected chi connectivity index (χ1v) is 9.56. The summed E-state index contributed by atoms with van der Waals surface area (Å²) in [6.07, 6.45) is 3.02. The van der Waals surface area contributed by atoms with E-state index in [1.165, 1.54) is 48.5 Å². The average Bonchev–Trinajstić information content (AvgIpc) is 3.02. The van der Waals surface area contributed by atoms with Crippen molar-refractivity contribution in [2.45, 2.75) is 19.9 Å². The lowest BCUT2D eigenvalue weighted by molar-refractivity contribution is -0.132. The highest BCUT2D eigenvalue weighted by Crippen LogP contribution is 2.44. The Morgan fingerprint density at radius 2 is 1.74 bits per heavy atom. The lowest BCUT2D eigenvalue weighted by Gasteiger charge is -2.26. The van der Waals surface area contributed by atoms with E-state index in [1.807, 2.05) is 0 Å². The van der Waals surface area contributed by atoms with E-state index in [9.17, 15) is 24.2 Å². The zero-order valence-corrected chi connectivity index (χ0v) is 16.8. The number of nitrogens with zero attached hydrogens (tertiary/aromatic N) is 2. The smallest absolute Gasteiger partial charge is 0.300 e. The van der Waals surface area contributed by atoms with Crippen LogP contribution in [0.1, 0.15) is 28.3 Å². The number of ketones is 1. The van der Waals surface area contributed by atoms with Gasteiger partial charge >= 0.3 is 0 Å². The number of carbonyl (C=O) groups excluding carboxylic acids is 2. The minimum atomic E-state index is -0.999. The van der Waals surface area contributed by atoms with E-state index in [0.717, 1.165) is 5.56 Å². The third kappa shape index (κ3) is 3.44. The summed E-state index contributed by atoms with van der Waals surface area (Å²) in [5.74, 6) is -2.83. The van der Waals surface area contributed by atoms with Crippen LogP contribution in [0.5, 0.6) is 5.75 Å². The van der Waals surface area contributed by atoms with Gasteiger partial charge in [-0.3, -0.25) is 19.5 Å². The lowest BCUT2D eigenvalue weighted by Crippen LogP contribution is -2.29. The van der Waals surface area contributed by atoms with Gasteiger partial charge in [-0.05, 0) is 73.0 Å². The summed E-state index contributed by atoms with van der Waals surface area (Å²) in [4.78, 5) is 31.3. The molecule has 1 amide bonds. The number of hydrogen-bond acceptors (Lipinski definition) is 5. The van der Waals surface area contributed by atoms with Gasteiger partial charge in [0.1, 0.15) is 17.3 Å². The van der Waals surface area contributed by atoms with Crippen LogP contribution >= 0.6 is 0 Å². The standard InChI is InChI=1S/C24H19FN2O4/c1-13-3-6-19(28)18(11-13)27-21(15-7-9-26-10-8-15)20(23(30)24(27)31)22(29)16-4-5-17(25)14(2)12-16/h3-12,21,28-29H,1-2H3/b22-20-. The number of hydrogen-bond donors (Lipinski definition) is 2. The summed E-state index contributed by atoms with van der Waals surface area (Å²) >= 11 is 0. The van der Waals surface area contributed by atoms with Crippen LogP contribution in [0.3, 0.4) is 0 Å². The van der Waals surface area contributed by atoms with Gasteiger partial charge in [-0.25, -0.2) is 4.39 Å². The van der Waals surface area contributed by atoms with Crippen molar-refractivity contribution >= 4 is 23.1 Å². The number of benzene rings is 2.